The fourth-order valence-electron chi connectivity index (χ4n) is 1.36. The third-order valence-electron chi connectivity index (χ3n) is 2.20. The first kappa shape index (κ1) is 13.0. The highest BCUT2D eigenvalue weighted by molar-refractivity contribution is 9.10. The summed E-state index contributed by atoms with van der Waals surface area (Å²) < 4.78 is 0.994. The molecule has 0 atom stereocenters. The number of hydrogen-bond acceptors (Lipinski definition) is 4. The van der Waals surface area contributed by atoms with Crippen LogP contribution in [0.3, 0.4) is 0 Å². The number of carboxylic acid groups (broad SMARTS) is 1. The van der Waals surface area contributed by atoms with E-state index < -0.39 is 5.97 Å². The zero-order chi connectivity index (χ0) is 13.0. The van der Waals surface area contributed by atoms with Gasteiger partial charge in [-0.15, -0.1) is 11.8 Å². The topological polar surface area (TPSA) is 63.1 Å². The van der Waals surface area contributed by atoms with Crippen molar-refractivity contribution in [3.63, 3.8) is 0 Å². The number of nitrogens with zero attached hydrogens (tertiary/aromatic N) is 2. The van der Waals surface area contributed by atoms with Crippen LogP contribution in [-0.2, 0) is 5.75 Å². The Morgan fingerprint density at radius 2 is 2.28 bits per heavy atom. The van der Waals surface area contributed by atoms with Crippen molar-refractivity contribution in [3.05, 3.63) is 52.5 Å². The fraction of sp³-hybridized carbons (Fsp3) is 0.0833. The molecule has 0 amide bonds. The summed E-state index contributed by atoms with van der Waals surface area (Å²) in [6.45, 7) is 0. The van der Waals surface area contributed by atoms with Crippen molar-refractivity contribution >= 4 is 33.7 Å². The van der Waals surface area contributed by atoms with Crippen LogP contribution in [0.25, 0.3) is 0 Å². The third-order valence-corrected chi connectivity index (χ3v) is 3.70. The molecule has 4 nitrogen and oxygen atoms in total. The highest BCUT2D eigenvalue weighted by Crippen LogP contribution is 2.25. The molecule has 0 aliphatic heterocycles. The Bertz CT molecular complexity index is 578. The normalized spacial score (nSPS) is 10.3. The molecule has 2 aromatic rings. The number of aromatic nitrogens is 2. The maximum atomic E-state index is 11.0. The first-order valence-electron chi connectivity index (χ1n) is 5.07. The quantitative estimate of drug-likeness (QED) is 0.875. The maximum Gasteiger partial charge on any atom is 0.339 e. The number of halogens is 1. The molecule has 0 fully saturated rings. The number of hydrogen-bond donors (Lipinski definition) is 1. The van der Waals surface area contributed by atoms with Gasteiger partial charge in [0.1, 0.15) is 11.9 Å². The van der Waals surface area contributed by atoms with Crippen molar-refractivity contribution in [2.24, 2.45) is 0 Å². The van der Waals surface area contributed by atoms with Crippen LogP contribution in [-0.4, -0.2) is 21.0 Å². The second-order valence-electron chi connectivity index (χ2n) is 3.43. The second kappa shape index (κ2) is 5.97. The number of rotatable bonds is 4. The van der Waals surface area contributed by atoms with E-state index in [2.05, 4.69) is 25.9 Å². The molecule has 18 heavy (non-hydrogen) atoms. The SMILES string of the molecule is O=C(O)c1cncnc1CSc1cccc(Br)c1. The van der Waals surface area contributed by atoms with Crippen LogP contribution in [0.15, 0.2) is 46.2 Å². The van der Waals surface area contributed by atoms with E-state index >= 15 is 0 Å². The Hall–Kier alpha value is -1.40. The number of aromatic carboxylic acids is 1. The van der Waals surface area contributed by atoms with Gasteiger partial charge in [0, 0.05) is 21.3 Å². The van der Waals surface area contributed by atoms with Crippen LogP contribution in [0, 0.1) is 0 Å². The number of carbonyl (C=O) groups is 1. The van der Waals surface area contributed by atoms with Gasteiger partial charge >= 0.3 is 5.97 Å². The minimum absolute atomic E-state index is 0.153. The first-order valence-corrected chi connectivity index (χ1v) is 6.85. The first-order chi connectivity index (χ1) is 8.66. The van der Waals surface area contributed by atoms with Crippen LogP contribution >= 0.6 is 27.7 Å². The Labute approximate surface area is 117 Å². The molecule has 0 aliphatic rings. The lowest BCUT2D eigenvalue weighted by Crippen LogP contribution is -2.04. The summed E-state index contributed by atoms with van der Waals surface area (Å²) in [7, 11) is 0. The molecule has 1 aromatic heterocycles. The Morgan fingerprint density at radius 3 is 3.00 bits per heavy atom. The Morgan fingerprint density at radius 1 is 1.44 bits per heavy atom. The van der Waals surface area contributed by atoms with E-state index in [1.807, 2.05) is 24.3 Å². The molecular weight excluding hydrogens is 316 g/mol. The molecule has 2 rings (SSSR count). The molecule has 0 radical (unpaired) electrons. The van der Waals surface area contributed by atoms with Crippen LogP contribution in [0.1, 0.15) is 16.1 Å². The average Bonchev–Trinajstić information content (AvgIpc) is 2.37. The molecule has 0 aliphatic carbocycles. The maximum absolute atomic E-state index is 11.0. The highest BCUT2D eigenvalue weighted by Gasteiger charge is 2.11. The molecule has 1 aromatic carbocycles. The molecular formula is C12H9BrN2O2S. The predicted molar refractivity (Wildman–Crippen MR) is 72.7 cm³/mol. The van der Waals surface area contributed by atoms with Gasteiger partial charge in [-0.05, 0) is 18.2 Å². The molecule has 0 bridgehead atoms. The molecule has 0 saturated heterocycles. The summed E-state index contributed by atoms with van der Waals surface area (Å²) >= 11 is 4.93. The smallest absolute Gasteiger partial charge is 0.339 e. The second-order valence-corrected chi connectivity index (χ2v) is 5.40. The highest BCUT2D eigenvalue weighted by atomic mass is 79.9. The lowest BCUT2D eigenvalue weighted by atomic mass is 10.2. The summed E-state index contributed by atoms with van der Waals surface area (Å²) in [5, 5.41) is 9.01. The molecule has 0 saturated carbocycles. The van der Waals surface area contributed by atoms with Gasteiger partial charge in [0.05, 0.1) is 5.69 Å². The van der Waals surface area contributed by atoms with Crippen molar-refractivity contribution in [3.8, 4) is 0 Å². The van der Waals surface area contributed by atoms with Crippen LogP contribution in [0.5, 0.6) is 0 Å². The van der Waals surface area contributed by atoms with Crippen molar-refractivity contribution in [2.75, 3.05) is 0 Å². The van der Waals surface area contributed by atoms with Crippen molar-refractivity contribution in [2.45, 2.75) is 10.6 Å². The van der Waals surface area contributed by atoms with Crippen molar-refractivity contribution in [1.29, 1.82) is 0 Å². The van der Waals surface area contributed by atoms with E-state index in [1.54, 1.807) is 0 Å². The monoisotopic (exact) mass is 324 g/mol. The largest absolute Gasteiger partial charge is 0.478 e. The molecule has 0 spiro atoms. The van der Waals surface area contributed by atoms with E-state index in [0.717, 1.165) is 9.37 Å². The van der Waals surface area contributed by atoms with Gasteiger partial charge < -0.3 is 5.11 Å². The fourth-order valence-corrected chi connectivity index (χ4v) is 2.83. The molecule has 0 unspecified atom stereocenters. The van der Waals surface area contributed by atoms with Crippen LogP contribution in [0.2, 0.25) is 0 Å². The summed E-state index contributed by atoms with van der Waals surface area (Å²) in [5.74, 6) is -0.499. The van der Waals surface area contributed by atoms with Crippen LogP contribution < -0.4 is 0 Å². The van der Waals surface area contributed by atoms with Gasteiger partial charge in [-0.1, -0.05) is 22.0 Å². The average molecular weight is 325 g/mol. The van der Waals surface area contributed by atoms with Gasteiger partial charge in [-0.3, -0.25) is 0 Å². The summed E-state index contributed by atoms with van der Waals surface area (Å²) in [6.07, 6.45) is 2.69. The van der Waals surface area contributed by atoms with E-state index in [1.165, 1.54) is 24.3 Å². The van der Waals surface area contributed by atoms with Gasteiger partial charge in [-0.25, -0.2) is 14.8 Å². The minimum Gasteiger partial charge on any atom is -0.478 e. The lowest BCUT2D eigenvalue weighted by Gasteiger charge is -2.04. The molecule has 6 heteroatoms. The number of thioether (sulfide) groups is 1. The van der Waals surface area contributed by atoms with Crippen molar-refractivity contribution in [1.82, 2.24) is 9.97 Å². The van der Waals surface area contributed by atoms with Crippen LogP contribution in [0.4, 0.5) is 0 Å². The molecule has 1 N–H and O–H groups in total. The zero-order valence-electron chi connectivity index (χ0n) is 9.21. The van der Waals surface area contributed by atoms with E-state index in [-0.39, 0.29) is 5.56 Å². The number of benzene rings is 1. The van der Waals surface area contributed by atoms with E-state index in [4.69, 9.17) is 5.11 Å². The minimum atomic E-state index is -1.000. The third kappa shape index (κ3) is 3.30. The van der Waals surface area contributed by atoms with Gasteiger partial charge in [0.25, 0.3) is 0 Å². The lowest BCUT2D eigenvalue weighted by molar-refractivity contribution is 0.0695. The van der Waals surface area contributed by atoms with Gasteiger partial charge in [0.15, 0.2) is 0 Å². The van der Waals surface area contributed by atoms with E-state index in [0.29, 0.717) is 11.4 Å². The summed E-state index contributed by atoms with van der Waals surface area (Å²) in [6, 6.07) is 7.82. The summed E-state index contributed by atoms with van der Waals surface area (Å²) in [4.78, 5) is 19.8. The Kier molecular flexibility index (Phi) is 4.33. The van der Waals surface area contributed by atoms with E-state index in [9.17, 15) is 4.79 Å². The van der Waals surface area contributed by atoms with Gasteiger partial charge in [-0.2, -0.15) is 0 Å². The standard InChI is InChI=1S/C12H9BrN2O2S/c13-8-2-1-3-9(4-8)18-6-11-10(12(16)17)5-14-7-15-11/h1-5,7H,6H2,(H,16,17). The molecule has 1 heterocycles. The van der Waals surface area contributed by atoms with Crippen molar-refractivity contribution < 1.29 is 9.90 Å². The summed E-state index contributed by atoms with van der Waals surface area (Å²) in [5.41, 5.74) is 0.683. The molecule has 92 valence electrons. The Balaban J connectivity index is 2.13. The predicted octanol–water partition coefficient (Wildman–Crippen LogP) is 3.23. The number of carboxylic acids is 1. The van der Waals surface area contributed by atoms with Gasteiger partial charge in [0.2, 0.25) is 0 Å². The zero-order valence-corrected chi connectivity index (χ0v) is 11.6.